The van der Waals surface area contributed by atoms with E-state index in [4.69, 9.17) is 0 Å². The smallest absolute Gasteiger partial charge is 0.267 e. The Labute approximate surface area is 165 Å². The molecular weight excluding hydrogens is 374 g/mol. The number of nitro groups is 1. The van der Waals surface area contributed by atoms with Crippen molar-refractivity contribution in [2.45, 2.75) is 27.3 Å². The molecule has 1 N–H and O–H groups in total. The fourth-order valence-electron chi connectivity index (χ4n) is 2.90. The molecular formula is C20H19N5O4. The molecule has 1 amide bonds. The van der Waals surface area contributed by atoms with Crippen LogP contribution >= 0.6 is 0 Å². The molecule has 0 unspecified atom stereocenters. The molecule has 29 heavy (non-hydrogen) atoms. The number of hydrogen-bond acceptors (Lipinski definition) is 6. The van der Waals surface area contributed by atoms with E-state index < -0.39 is 10.8 Å². The summed E-state index contributed by atoms with van der Waals surface area (Å²) in [5, 5.41) is 20.1. The quantitative estimate of drug-likeness (QED) is 0.406. The number of carbonyl (C=O) groups excluding carboxylic acids is 1. The molecule has 0 aliphatic heterocycles. The SMILES string of the molecule is CCn1nc(C(=O)N/N=C(\C)c2ccc(C)c([N+](=O)[O-])c2)c2ccccc2c1=O. The molecule has 3 aromatic rings. The Morgan fingerprint density at radius 2 is 1.93 bits per heavy atom. The Morgan fingerprint density at radius 1 is 1.24 bits per heavy atom. The van der Waals surface area contributed by atoms with Gasteiger partial charge in [0.15, 0.2) is 5.69 Å². The van der Waals surface area contributed by atoms with Gasteiger partial charge < -0.3 is 0 Å². The molecule has 2 aromatic carbocycles. The number of nitrogens with zero attached hydrogens (tertiary/aromatic N) is 4. The van der Waals surface area contributed by atoms with Crippen molar-refractivity contribution in [2.24, 2.45) is 5.10 Å². The lowest BCUT2D eigenvalue weighted by Crippen LogP contribution is -2.28. The van der Waals surface area contributed by atoms with Gasteiger partial charge in [-0.2, -0.15) is 10.2 Å². The molecule has 9 nitrogen and oxygen atoms in total. The lowest BCUT2D eigenvalue weighted by atomic mass is 10.1. The van der Waals surface area contributed by atoms with Crippen LogP contribution in [0, 0.1) is 17.0 Å². The largest absolute Gasteiger partial charge is 0.292 e. The lowest BCUT2D eigenvalue weighted by Gasteiger charge is -2.09. The minimum Gasteiger partial charge on any atom is -0.267 e. The summed E-state index contributed by atoms with van der Waals surface area (Å²) in [5.41, 5.74) is 3.65. The number of aromatic nitrogens is 2. The monoisotopic (exact) mass is 393 g/mol. The van der Waals surface area contributed by atoms with E-state index >= 15 is 0 Å². The number of nitro benzene ring substituents is 1. The van der Waals surface area contributed by atoms with Gasteiger partial charge >= 0.3 is 0 Å². The first kappa shape index (κ1) is 19.9. The summed E-state index contributed by atoms with van der Waals surface area (Å²) in [6, 6.07) is 11.5. The zero-order valence-corrected chi connectivity index (χ0v) is 16.2. The van der Waals surface area contributed by atoms with Crippen molar-refractivity contribution in [1.29, 1.82) is 0 Å². The number of carbonyl (C=O) groups is 1. The highest BCUT2D eigenvalue weighted by Gasteiger charge is 2.16. The zero-order chi connectivity index (χ0) is 21.1. The minimum atomic E-state index is -0.579. The lowest BCUT2D eigenvalue weighted by molar-refractivity contribution is -0.385. The zero-order valence-electron chi connectivity index (χ0n) is 16.2. The van der Waals surface area contributed by atoms with E-state index in [-0.39, 0.29) is 16.9 Å². The standard InChI is InChI=1S/C20H19N5O4/c1-4-24-20(27)16-8-6-5-7-15(16)18(23-24)19(26)22-21-13(3)14-10-9-12(2)17(11-14)25(28)29/h5-11H,4H2,1-3H3,(H,22,26)/b21-13+. The molecule has 1 heterocycles. The molecule has 0 aliphatic rings. The molecule has 0 saturated carbocycles. The van der Waals surface area contributed by atoms with Crippen LogP contribution in [0.15, 0.2) is 52.4 Å². The summed E-state index contributed by atoms with van der Waals surface area (Å²) in [7, 11) is 0. The summed E-state index contributed by atoms with van der Waals surface area (Å²) < 4.78 is 1.22. The summed E-state index contributed by atoms with van der Waals surface area (Å²) in [5.74, 6) is -0.579. The summed E-state index contributed by atoms with van der Waals surface area (Å²) >= 11 is 0. The van der Waals surface area contributed by atoms with Crippen molar-refractivity contribution in [3.63, 3.8) is 0 Å². The van der Waals surface area contributed by atoms with Crippen LogP contribution in [0.1, 0.15) is 35.5 Å². The first-order chi connectivity index (χ1) is 13.8. The molecule has 0 atom stereocenters. The summed E-state index contributed by atoms with van der Waals surface area (Å²) in [4.78, 5) is 35.7. The maximum Gasteiger partial charge on any atom is 0.292 e. The predicted octanol–water partition coefficient (Wildman–Crippen LogP) is 2.79. The fraction of sp³-hybridized carbons (Fsp3) is 0.200. The second-order valence-corrected chi connectivity index (χ2v) is 6.41. The van der Waals surface area contributed by atoms with Gasteiger partial charge in [0.1, 0.15) is 0 Å². The molecule has 9 heteroatoms. The highest BCUT2D eigenvalue weighted by molar-refractivity contribution is 6.06. The van der Waals surface area contributed by atoms with Crippen molar-refractivity contribution in [3.8, 4) is 0 Å². The van der Waals surface area contributed by atoms with Crippen molar-refractivity contribution >= 4 is 28.1 Å². The van der Waals surface area contributed by atoms with Crippen molar-refractivity contribution in [3.05, 3.63) is 79.8 Å². The van der Waals surface area contributed by atoms with Gasteiger partial charge in [-0.05, 0) is 26.8 Å². The highest BCUT2D eigenvalue weighted by Crippen LogP contribution is 2.19. The molecule has 0 radical (unpaired) electrons. The predicted molar refractivity (Wildman–Crippen MR) is 109 cm³/mol. The van der Waals surface area contributed by atoms with Gasteiger partial charge in [0.25, 0.3) is 17.2 Å². The Bertz CT molecular complexity index is 1210. The first-order valence-corrected chi connectivity index (χ1v) is 8.93. The number of benzene rings is 2. The van der Waals surface area contributed by atoms with Crippen LogP contribution in [-0.2, 0) is 6.54 Å². The van der Waals surface area contributed by atoms with E-state index in [1.165, 1.54) is 10.7 Å². The second kappa shape index (κ2) is 8.01. The van der Waals surface area contributed by atoms with Gasteiger partial charge in [-0.25, -0.2) is 10.1 Å². The van der Waals surface area contributed by atoms with Crippen LogP contribution in [0.5, 0.6) is 0 Å². The molecule has 148 valence electrons. The Morgan fingerprint density at radius 3 is 2.59 bits per heavy atom. The average molecular weight is 393 g/mol. The van der Waals surface area contributed by atoms with Gasteiger partial charge in [0.2, 0.25) is 0 Å². The molecule has 0 aliphatic carbocycles. The van der Waals surface area contributed by atoms with Crippen LogP contribution in [-0.4, -0.2) is 26.3 Å². The summed E-state index contributed by atoms with van der Waals surface area (Å²) in [6.07, 6.45) is 0. The molecule has 3 rings (SSSR count). The molecule has 0 spiro atoms. The minimum absolute atomic E-state index is 0.0222. The molecule has 0 fully saturated rings. The summed E-state index contributed by atoms with van der Waals surface area (Å²) in [6.45, 7) is 5.36. The number of hydrogen-bond donors (Lipinski definition) is 1. The van der Waals surface area contributed by atoms with Crippen LogP contribution in [0.4, 0.5) is 5.69 Å². The molecule has 1 aromatic heterocycles. The van der Waals surface area contributed by atoms with Crippen LogP contribution < -0.4 is 11.0 Å². The topological polar surface area (TPSA) is 119 Å². The van der Waals surface area contributed by atoms with Crippen molar-refractivity contribution in [1.82, 2.24) is 15.2 Å². The van der Waals surface area contributed by atoms with E-state index in [2.05, 4.69) is 15.6 Å². The third-order valence-corrected chi connectivity index (χ3v) is 4.53. The Balaban J connectivity index is 1.95. The first-order valence-electron chi connectivity index (χ1n) is 8.93. The normalized spacial score (nSPS) is 11.5. The third kappa shape index (κ3) is 3.88. The van der Waals surface area contributed by atoms with E-state index in [1.54, 1.807) is 57.2 Å². The number of rotatable bonds is 5. The molecule has 0 saturated heterocycles. The number of fused-ring (bicyclic) bond motifs is 1. The average Bonchev–Trinajstić information content (AvgIpc) is 2.72. The second-order valence-electron chi connectivity index (χ2n) is 6.41. The Hall–Kier alpha value is -3.88. The van der Waals surface area contributed by atoms with Gasteiger partial charge in [-0.15, -0.1) is 0 Å². The number of aryl methyl sites for hydroxylation is 2. The van der Waals surface area contributed by atoms with E-state index in [1.807, 2.05) is 0 Å². The number of amides is 1. The fourth-order valence-corrected chi connectivity index (χ4v) is 2.90. The van der Waals surface area contributed by atoms with Gasteiger partial charge in [0.05, 0.1) is 16.0 Å². The Kier molecular flexibility index (Phi) is 5.49. The number of hydrazone groups is 1. The van der Waals surface area contributed by atoms with Gasteiger partial charge in [0, 0.05) is 29.1 Å². The van der Waals surface area contributed by atoms with Gasteiger partial charge in [-0.3, -0.25) is 19.7 Å². The van der Waals surface area contributed by atoms with Gasteiger partial charge in [-0.1, -0.05) is 30.3 Å². The third-order valence-electron chi connectivity index (χ3n) is 4.53. The maximum atomic E-state index is 12.7. The van der Waals surface area contributed by atoms with E-state index in [9.17, 15) is 19.7 Å². The molecule has 0 bridgehead atoms. The van der Waals surface area contributed by atoms with Crippen LogP contribution in [0.3, 0.4) is 0 Å². The van der Waals surface area contributed by atoms with E-state index in [0.29, 0.717) is 34.2 Å². The van der Waals surface area contributed by atoms with Crippen LogP contribution in [0.2, 0.25) is 0 Å². The van der Waals surface area contributed by atoms with Crippen LogP contribution in [0.25, 0.3) is 10.8 Å². The highest BCUT2D eigenvalue weighted by atomic mass is 16.6. The maximum absolute atomic E-state index is 12.7. The van der Waals surface area contributed by atoms with E-state index in [0.717, 1.165) is 0 Å². The van der Waals surface area contributed by atoms with Crippen molar-refractivity contribution < 1.29 is 9.72 Å². The number of nitrogens with one attached hydrogen (secondary N) is 1. The van der Waals surface area contributed by atoms with Crippen molar-refractivity contribution in [2.75, 3.05) is 0 Å².